The Morgan fingerprint density at radius 3 is 2.23 bits per heavy atom. The second kappa shape index (κ2) is 9.80. The summed E-state index contributed by atoms with van der Waals surface area (Å²) in [6, 6.07) is 23.5. The largest absolute Gasteiger partial charge is 0.484 e. The molecule has 0 bridgehead atoms. The van der Waals surface area contributed by atoms with Gasteiger partial charge in [0.2, 0.25) is 5.91 Å². The second-order valence-electron chi connectivity index (χ2n) is 7.98. The molecule has 0 radical (unpaired) electrons. The smallest absolute Gasteiger partial charge is 0.262 e. The Hall–Kier alpha value is -3.80. The maximum absolute atomic E-state index is 12.4. The fourth-order valence-electron chi connectivity index (χ4n) is 2.59. The first-order chi connectivity index (χ1) is 14.8. The zero-order chi connectivity index (χ0) is 22.3. The van der Waals surface area contributed by atoms with E-state index >= 15 is 0 Å². The number of nitrogens with one attached hydrogen (secondary N) is 2. The standard InChI is InChI=1S/C25H26N2O4/c1-25(2,3)24(29)26-18-10-9-13-20(16-18)30-17-23(28)27-21-14-7-8-15-22(21)31-19-11-5-4-6-12-19/h4-16H,17H2,1-3H3,(H,26,29)(H,27,28). The molecule has 0 aliphatic heterocycles. The van der Waals surface area contributed by atoms with Crippen molar-refractivity contribution in [1.82, 2.24) is 0 Å². The Balaban J connectivity index is 1.59. The summed E-state index contributed by atoms with van der Waals surface area (Å²) >= 11 is 0. The molecule has 0 saturated carbocycles. The fraction of sp³-hybridized carbons (Fsp3) is 0.200. The minimum atomic E-state index is -0.508. The van der Waals surface area contributed by atoms with Crippen LogP contribution in [-0.4, -0.2) is 18.4 Å². The highest BCUT2D eigenvalue weighted by atomic mass is 16.5. The van der Waals surface area contributed by atoms with Gasteiger partial charge >= 0.3 is 0 Å². The molecule has 6 nitrogen and oxygen atoms in total. The minimum Gasteiger partial charge on any atom is -0.484 e. The number of carbonyl (C=O) groups excluding carboxylic acids is 2. The van der Waals surface area contributed by atoms with Gasteiger partial charge in [0.05, 0.1) is 5.69 Å². The number of rotatable bonds is 7. The maximum atomic E-state index is 12.4. The normalized spacial score (nSPS) is 10.8. The van der Waals surface area contributed by atoms with E-state index in [1.807, 2.05) is 63.2 Å². The summed E-state index contributed by atoms with van der Waals surface area (Å²) in [6.07, 6.45) is 0. The van der Waals surface area contributed by atoms with E-state index in [0.717, 1.165) is 0 Å². The van der Waals surface area contributed by atoms with Crippen LogP contribution in [0.15, 0.2) is 78.9 Å². The molecule has 160 valence electrons. The van der Waals surface area contributed by atoms with Gasteiger partial charge in [-0.1, -0.05) is 57.2 Å². The monoisotopic (exact) mass is 418 g/mol. The fourth-order valence-corrected chi connectivity index (χ4v) is 2.59. The molecular weight excluding hydrogens is 392 g/mol. The van der Waals surface area contributed by atoms with Crippen LogP contribution in [0.3, 0.4) is 0 Å². The van der Waals surface area contributed by atoms with Crippen LogP contribution in [0, 0.1) is 5.41 Å². The summed E-state index contributed by atoms with van der Waals surface area (Å²) < 4.78 is 11.5. The molecule has 0 atom stereocenters. The zero-order valence-electron chi connectivity index (χ0n) is 17.8. The first kappa shape index (κ1) is 21.9. The van der Waals surface area contributed by atoms with Gasteiger partial charge in [-0.2, -0.15) is 0 Å². The van der Waals surface area contributed by atoms with Crippen molar-refractivity contribution in [2.75, 3.05) is 17.2 Å². The highest BCUT2D eigenvalue weighted by Gasteiger charge is 2.21. The first-order valence-corrected chi connectivity index (χ1v) is 9.97. The van der Waals surface area contributed by atoms with Crippen LogP contribution in [-0.2, 0) is 9.59 Å². The summed E-state index contributed by atoms with van der Waals surface area (Å²) in [6.45, 7) is 5.33. The maximum Gasteiger partial charge on any atom is 0.262 e. The van der Waals surface area contributed by atoms with E-state index in [4.69, 9.17) is 9.47 Å². The SMILES string of the molecule is CC(C)(C)C(=O)Nc1cccc(OCC(=O)Nc2ccccc2Oc2ccccc2)c1. The molecule has 31 heavy (non-hydrogen) atoms. The minimum absolute atomic E-state index is 0.0996. The molecule has 3 rings (SSSR count). The van der Waals surface area contributed by atoms with E-state index in [1.54, 1.807) is 36.4 Å². The molecule has 0 aromatic heterocycles. The van der Waals surface area contributed by atoms with Gasteiger partial charge in [-0.3, -0.25) is 9.59 Å². The number of hydrogen-bond acceptors (Lipinski definition) is 4. The van der Waals surface area contributed by atoms with E-state index < -0.39 is 5.41 Å². The van der Waals surface area contributed by atoms with Crippen molar-refractivity contribution >= 4 is 23.2 Å². The molecule has 6 heteroatoms. The van der Waals surface area contributed by atoms with E-state index in [9.17, 15) is 9.59 Å². The molecule has 0 aliphatic carbocycles. The van der Waals surface area contributed by atoms with Crippen molar-refractivity contribution in [2.45, 2.75) is 20.8 Å². The summed E-state index contributed by atoms with van der Waals surface area (Å²) in [5.41, 5.74) is 0.650. The van der Waals surface area contributed by atoms with Crippen LogP contribution >= 0.6 is 0 Å². The van der Waals surface area contributed by atoms with E-state index in [-0.39, 0.29) is 18.4 Å². The molecule has 0 heterocycles. The van der Waals surface area contributed by atoms with Gasteiger partial charge in [-0.25, -0.2) is 0 Å². The second-order valence-corrected chi connectivity index (χ2v) is 7.98. The Labute approximate surface area is 182 Å². The first-order valence-electron chi connectivity index (χ1n) is 9.97. The lowest BCUT2D eigenvalue weighted by molar-refractivity contribution is -0.123. The lowest BCUT2D eigenvalue weighted by atomic mass is 9.95. The zero-order valence-corrected chi connectivity index (χ0v) is 17.8. The third-order valence-corrected chi connectivity index (χ3v) is 4.28. The van der Waals surface area contributed by atoms with Crippen LogP contribution in [0.1, 0.15) is 20.8 Å². The summed E-state index contributed by atoms with van der Waals surface area (Å²) in [7, 11) is 0. The van der Waals surface area contributed by atoms with Crippen molar-refractivity contribution < 1.29 is 19.1 Å². The number of para-hydroxylation sites is 3. The summed E-state index contributed by atoms with van der Waals surface area (Å²) in [5, 5.41) is 5.65. The van der Waals surface area contributed by atoms with Gasteiger partial charge < -0.3 is 20.1 Å². The predicted octanol–water partition coefficient (Wildman–Crippen LogP) is 5.48. The Kier molecular flexibility index (Phi) is 6.92. The highest BCUT2D eigenvalue weighted by Crippen LogP contribution is 2.29. The van der Waals surface area contributed by atoms with Crippen LogP contribution in [0.2, 0.25) is 0 Å². The lowest BCUT2D eigenvalue weighted by Gasteiger charge is -2.18. The number of anilines is 2. The Bertz CT molecular complexity index is 1040. The van der Waals surface area contributed by atoms with Gasteiger partial charge in [0.15, 0.2) is 12.4 Å². The Morgan fingerprint density at radius 1 is 0.806 bits per heavy atom. The topological polar surface area (TPSA) is 76.7 Å². The highest BCUT2D eigenvalue weighted by molar-refractivity contribution is 5.95. The quantitative estimate of drug-likeness (QED) is 0.533. The van der Waals surface area contributed by atoms with Crippen molar-refractivity contribution in [3.63, 3.8) is 0 Å². The molecule has 3 aromatic carbocycles. The molecular formula is C25H26N2O4. The summed E-state index contributed by atoms with van der Waals surface area (Å²) in [4.78, 5) is 24.6. The van der Waals surface area contributed by atoms with Gasteiger partial charge in [0.25, 0.3) is 5.91 Å². The van der Waals surface area contributed by atoms with Crippen molar-refractivity contribution in [1.29, 1.82) is 0 Å². The van der Waals surface area contributed by atoms with Gasteiger partial charge in [0, 0.05) is 17.2 Å². The molecule has 2 N–H and O–H groups in total. The number of amides is 2. The third-order valence-electron chi connectivity index (χ3n) is 4.28. The molecule has 0 unspecified atom stereocenters. The van der Waals surface area contributed by atoms with Crippen molar-refractivity contribution in [3.8, 4) is 17.2 Å². The molecule has 0 saturated heterocycles. The lowest BCUT2D eigenvalue weighted by Crippen LogP contribution is -2.27. The van der Waals surface area contributed by atoms with E-state index in [2.05, 4.69) is 10.6 Å². The van der Waals surface area contributed by atoms with Gasteiger partial charge in [0.1, 0.15) is 11.5 Å². The number of ether oxygens (including phenoxy) is 2. The van der Waals surface area contributed by atoms with Gasteiger partial charge in [-0.15, -0.1) is 0 Å². The molecule has 3 aromatic rings. The number of benzene rings is 3. The Morgan fingerprint density at radius 2 is 1.48 bits per heavy atom. The number of hydrogen-bond donors (Lipinski definition) is 2. The molecule has 0 fully saturated rings. The van der Waals surface area contributed by atoms with E-state index in [1.165, 1.54) is 0 Å². The molecule has 0 spiro atoms. The van der Waals surface area contributed by atoms with Gasteiger partial charge in [-0.05, 0) is 36.4 Å². The van der Waals surface area contributed by atoms with Crippen LogP contribution in [0.4, 0.5) is 11.4 Å². The van der Waals surface area contributed by atoms with Crippen molar-refractivity contribution in [2.24, 2.45) is 5.41 Å². The predicted molar refractivity (Wildman–Crippen MR) is 122 cm³/mol. The van der Waals surface area contributed by atoms with Crippen LogP contribution in [0.25, 0.3) is 0 Å². The average molecular weight is 418 g/mol. The van der Waals surface area contributed by atoms with Crippen LogP contribution < -0.4 is 20.1 Å². The van der Waals surface area contributed by atoms with E-state index in [0.29, 0.717) is 28.6 Å². The number of carbonyl (C=O) groups is 2. The molecule has 0 aliphatic rings. The average Bonchev–Trinajstić information content (AvgIpc) is 2.74. The third kappa shape index (κ3) is 6.60. The van der Waals surface area contributed by atoms with Crippen LogP contribution in [0.5, 0.6) is 17.2 Å². The summed E-state index contributed by atoms with van der Waals surface area (Å²) in [5.74, 6) is 1.27. The molecule has 2 amide bonds. The van der Waals surface area contributed by atoms with Crippen molar-refractivity contribution in [3.05, 3.63) is 78.9 Å².